The highest BCUT2D eigenvalue weighted by Crippen LogP contribution is 2.18. The average Bonchev–Trinajstić information content (AvgIpc) is 2.17. The summed E-state index contributed by atoms with van der Waals surface area (Å²) < 4.78 is 0. The molecule has 1 rings (SSSR count). The quantitative estimate of drug-likeness (QED) is 0.809. The Morgan fingerprint density at radius 3 is 2.29 bits per heavy atom. The molecule has 0 unspecified atom stereocenters. The Bertz CT molecular complexity index is 289. The highest BCUT2D eigenvalue weighted by molar-refractivity contribution is 5.85. The van der Waals surface area contributed by atoms with E-state index in [1.54, 1.807) is 6.92 Å². The van der Waals surface area contributed by atoms with Gasteiger partial charge in [-0.2, -0.15) is 0 Å². The van der Waals surface area contributed by atoms with Gasteiger partial charge < -0.3 is 10.8 Å². The van der Waals surface area contributed by atoms with Crippen molar-refractivity contribution < 1.29 is 9.90 Å². The second-order valence-electron chi connectivity index (χ2n) is 3.06. The molecule has 4 heteroatoms. The van der Waals surface area contributed by atoms with E-state index >= 15 is 0 Å². The van der Waals surface area contributed by atoms with Crippen LogP contribution in [0, 0.1) is 5.92 Å². The van der Waals surface area contributed by atoms with Crippen LogP contribution in [0.25, 0.3) is 0 Å². The zero-order valence-electron chi connectivity index (χ0n) is 7.88. The summed E-state index contributed by atoms with van der Waals surface area (Å²) in [5, 5.41) is 8.73. The SMILES string of the molecule is C[C@@H](C(=O)O)[C@H](N)c1ccccc1.Cl. The van der Waals surface area contributed by atoms with E-state index in [0.29, 0.717) is 0 Å². The summed E-state index contributed by atoms with van der Waals surface area (Å²) in [7, 11) is 0. The van der Waals surface area contributed by atoms with Crippen LogP contribution >= 0.6 is 12.4 Å². The van der Waals surface area contributed by atoms with Gasteiger partial charge in [-0.25, -0.2) is 0 Å². The van der Waals surface area contributed by atoms with Gasteiger partial charge in [0.15, 0.2) is 0 Å². The molecule has 0 amide bonds. The van der Waals surface area contributed by atoms with Gasteiger partial charge in [-0.1, -0.05) is 37.3 Å². The topological polar surface area (TPSA) is 63.3 Å². The summed E-state index contributed by atoms with van der Waals surface area (Å²) in [6.07, 6.45) is 0. The van der Waals surface area contributed by atoms with Gasteiger partial charge in [-0.3, -0.25) is 4.79 Å². The predicted molar refractivity (Wildman–Crippen MR) is 57.4 cm³/mol. The lowest BCUT2D eigenvalue weighted by Gasteiger charge is -2.15. The lowest BCUT2D eigenvalue weighted by molar-refractivity contribution is -0.141. The first kappa shape index (κ1) is 12.9. The molecule has 0 radical (unpaired) electrons. The first-order chi connectivity index (χ1) is 6.13. The zero-order valence-corrected chi connectivity index (χ0v) is 8.70. The number of benzene rings is 1. The van der Waals surface area contributed by atoms with Gasteiger partial charge >= 0.3 is 5.97 Å². The minimum atomic E-state index is -0.864. The normalized spacial score (nSPS) is 13.9. The first-order valence-corrected chi connectivity index (χ1v) is 4.16. The molecule has 2 atom stereocenters. The molecule has 3 nitrogen and oxygen atoms in total. The fraction of sp³-hybridized carbons (Fsp3) is 0.300. The largest absolute Gasteiger partial charge is 0.481 e. The van der Waals surface area contributed by atoms with Crippen LogP contribution in [-0.2, 0) is 4.79 Å². The van der Waals surface area contributed by atoms with E-state index in [4.69, 9.17) is 10.8 Å². The van der Waals surface area contributed by atoms with Crippen LogP contribution in [0.5, 0.6) is 0 Å². The molecule has 0 aromatic heterocycles. The summed E-state index contributed by atoms with van der Waals surface area (Å²) in [6, 6.07) is 8.82. The van der Waals surface area contributed by atoms with Crippen molar-refractivity contribution in [3.8, 4) is 0 Å². The Balaban J connectivity index is 0.00000169. The molecule has 1 aromatic rings. The Morgan fingerprint density at radius 1 is 1.36 bits per heavy atom. The molecule has 0 aliphatic heterocycles. The third kappa shape index (κ3) is 3.01. The van der Waals surface area contributed by atoms with Crippen LogP contribution in [0.4, 0.5) is 0 Å². The van der Waals surface area contributed by atoms with E-state index < -0.39 is 17.9 Å². The molecule has 0 saturated heterocycles. The summed E-state index contributed by atoms with van der Waals surface area (Å²) in [5.41, 5.74) is 6.62. The third-order valence-electron chi connectivity index (χ3n) is 2.11. The lowest BCUT2D eigenvalue weighted by Crippen LogP contribution is -2.25. The molecule has 0 saturated carbocycles. The Morgan fingerprint density at radius 2 is 1.86 bits per heavy atom. The van der Waals surface area contributed by atoms with Crippen molar-refractivity contribution in [2.45, 2.75) is 13.0 Å². The van der Waals surface area contributed by atoms with Gasteiger partial charge in [0, 0.05) is 6.04 Å². The van der Waals surface area contributed by atoms with E-state index in [0.717, 1.165) is 5.56 Å². The van der Waals surface area contributed by atoms with E-state index in [1.165, 1.54) is 0 Å². The highest BCUT2D eigenvalue weighted by atomic mass is 35.5. The van der Waals surface area contributed by atoms with E-state index in [1.807, 2.05) is 30.3 Å². The van der Waals surface area contributed by atoms with Crippen LogP contribution in [0.3, 0.4) is 0 Å². The van der Waals surface area contributed by atoms with Crippen LogP contribution in [0.2, 0.25) is 0 Å². The number of halogens is 1. The molecule has 0 spiro atoms. The number of aliphatic carboxylic acids is 1. The molecule has 0 aliphatic rings. The van der Waals surface area contributed by atoms with Crippen molar-refractivity contribution in [2.75, 3.05) is 0 Å². The summed E-state index contributed by atoms with van der Waals surface area (Å²) in [6.45, 7) is 1.61. The molecular formula is C10H14ClNO2. The lowest BCUT2D eigenvalue weighted by atomic mass is 9.96. The summed E-state index contributed by atoms with van der Waals surface area (Å²) in [5.74, 6) is -1.42. The maximum atomic E-state index is 10.6. The number of hydrogen-bond donors (Lipinski definition) is 2. The first-order valence-electron chi connectivity index (χ1n) is 4.16. The van der Waals surface area contributed by atoms with Crippen molar-refractivity contribution in [1.82, 2.24) is 0 Å². The summed E-state index contributed by atoms with van der Waals surface area (Å²) >= 11 is 0. The monoisotopic (exact) mass is 215 g/mol. The van der Waals surface area contributed by atoms with Gasteiger partial charge in [0.2, 0.25) is 0 Å². The number of nitrogens with two attached hydrogens (primary N) is 1. The molecule has 78 valence electrons. The average molecular weight is 216 g/mol. The van der Waals surface area contributed by atoms with E-state index in [9.17, 15) is 4.79 Å². The molecule has 0 heterocycles. The third-order valence-corrected chi connectivity index (χ3v) is 2.11. The van der Waals surface area contributed by atoms with E-state index in [2.05, 4.69) is 0 Å². The second-order valence-corrected chi connectivity index (χ2v) is 3.06. The van der Waals surface area contributed by atoms with Crippen LogP contribution in [0.1, 0.15) is 18.5 Å². The fourth-order valence-corrected chi connectivity index (χ4v) is 1.12. The number of carbonyl (C=O) groups is 1. The molecule has 0 bridgehead atoms. The number of carboxylic acid groups (broad SMARTS) is 1. The zero-order chi connectivity index (χ0) is 9.84. The maximum absolute atomic E-state index is 10.6. The molecular weight excluding hydrogens is 202 g/mol. The molecule has 1 aromatic carbocycles. The maximum Gasteiger partial charge on any atom is 0.308 e. The Hall–Kier alpha value is -1.06. The molecule has 14 heavy (non-hydrogen) atoms. The van der Waals surface area contributed by atoms with Crippen molar-refractivity contribution in [1.29, 1.82) is 0 Å². The predicted octanol–water partition coefficient (Wildman–Crippen LogP) is 1.83. The second kappa shape index (κ2) is 5.62. The number of carboxylic acids is 1. The van der Waals surface area contributed by atoms with Gasteiger partial charge in [0.05, 0.1) is 5.92 Å². The summed E-state index contributed by atoms with van der Waals surface area (Å²) in [4.78, 5) is 10.6. The molecule has 3 N–H and O–H groups in total. The Labute approximate surface area is 89.3 Å². The van der Waals surface area contributed by atoms with Gasteiger partial charge in [-0.05, 0) is 5.56 Å². The van der Waals surface area contributed by atoms with Crippen molar-refractivity contribution >= 4 is 18.4 Å². The minimum Gasteiger partial charge on any atom is -0.481 e. The van der Waals surface area contributed by atoms with E-state index in [-0.39, 0.29) is 12.4 Å². The number of hydrogen-bond acceptors (Lipinski definition) is 2. The minimum absolute atomic E-state index is 0. The van der Waals surface area contributed by atoms with Crippen LogP contribution < -0.4 is 5.73 Å². The van der Waals surface area contributed by atoms with Crippen LogP contribution in [-0.4, -0.2) is 11.1 Å². The smallest absolute Gasteiger partial charge is 0.308 e. The highest BCUT2D eigenvalue weighted by Gasteiger charge is 2.20. The van der Waals surface area contributed by atoms with Gasteiger partial charge in [0.25, 0.3) is 0 Å². The van der Waals surface area contributed by atoms with Crippen molar-refractivity contribution in [3.05, 3.63) is 35.9 Å². The standard InChI is InChI=1S/C10H13NO2.ClH/c1-7(10(12)13)9(11)8-5-3-2-4-6-8;/h2-7,9H,11H2,1H3,(H,12,13);1H/t7-,9+;/m1./s1. The number of rotatable bonds is 3. The molecule has 0 aliphatic carbocycles. The Kier molecular flexibility index (Phi) is 5.20. The van der Waals surface area contributed by atoms with Crippen molar-refractivity contribution in [2.24, 2.45) is 11.7 Å². The van der Waals surface area contributed by atoms with Crippen LogP contribution in [0.15, 0.2) is 30.3 Å². The van der Waals surface area contributed by atoms with Gasteiger partial charge in [-0.15, -0.1) is 12.4 Å². The van der Waals surface area contributed by atoms with Crippen molar-refractivity contribution in [3.63, 3.8) is 0 Å². The fourth-order valence-electron chi connectivity index (χ4n) is 1.12. The molecule has 0 fully saturated rings. The van der Waals surface area contributed by atoms with Gasteiger partial charge in [0.1, 0.15) is 0 Å².